The molecule has 0 fully saturated rings. The maximum atomic E-state index is 13.5. The molecule has 0 saturated heterocycles. The van der Waals surface area contributed by atoms with E-state index in [2.05, 4.69) is 63.5 Å². The molecule has 10 nitrogen and oxygen atoms in total. The Hall–Kier alpha value is -7.18. The normalized spacial score (nSPS) is 10.7. The van der Waals surface area contributed by atoms with Crippen molar-refractivity contribution in [2.75, 3.05) is 26.4 Å². The van der Waals surface area contributed by atoms with Gasteiger partial charge in [-0.1, -0.05) is 232 Å². The van der Waals surface area contributed by atoms with E-state index in [1.54, 1.807) is 84.9 Å². The van der Waals surface area contributed by atoms with Crippen LogP contribution in [0.5, 0.6) is 34.5 Å². The second-order valence-electron chi connectivity index (χ2n) is 23.4. The molecule has 4 aromatic carbocycles. The van der Waals surface area contributed by atoms with E-state index >= 15 is 0 Å². The number of hydrogen-bond donors (Lipinski definition) is 0. The van der Waals surface area contributed by atoms with Gasteiger partial charge in [-0.25, -0.2) is 9.59 Å². The lowest BCUT2D eigenvalue weighted by atomic mass is 10.1. The van der Waals surface area contributed by atoms with E-state index in [0.29, 0.717) is 92.9 Å². The average molecular weight is 1230 g/mol. The summed E-state index contributed by atoms with van der Waals surface area (Å²) < 4.78 is 36.6. The van der Waals surface area contributed by atoms with Crippen LogP contribution in [0.25, 0.3) is 0 Å². The molecule has 0 N–H and O–H groups in total. The largest absolute Gasteiger partial charge is 0.490 e. The SMILES string of the molecule is CCCCCCCCCCCOc1ccc(C(=O)Oc2ccc(C#Cc3sc(C#Cc4ccc(OC(=O)c5ccc(OCCCCCCCCCCC)c(OCCCCCCCCCC)c5)cc4)c(C#N)c3C#N)cc2)cc1OCCCCCCCCCC. The summed E-state index contributed by atoms with van der Waals surface area (Å²) in [4.78, 5) is 27.9. The molecule has 0 amide bonds. The van der Waals surface area contributed by atoms with Gasteiger partial charge >= 0.3 is 11.9 Å². The van der Waals surface area contributed by atoms with Gasteiger partial charge < -0.3 is 28.4 Å². The molecular weight excluding hydrogens is 1120 g/mol. The third-order valence-corrected chi connectivity index (χ3v) is 16.8. The van der Waals surface area contributed by atoms with Crippen molar-refractivity contribution in [1.82, 2.24) is 0 Å². The molecule has 0 bridgehead atoms. The smallest absolute Gasteiger partial charge is 0.343 e. The minimum Gasteiger partial charge on any atom is -0.490 e. The molecular formula is C78H102N2O8S. The second-order valence-corrected chi connectivity index (χ2v) is 24.4. The van der Waals surface area contributed by atoms with Gasteiger partial charge in [-0.2, -0.15) is 10.5 Å². The lowest BCUT2D eigenvalue weighted by molar-refractivity contribution is 0.0724. The summed E-state index contributed by atoms with van der Waals surface area (Å²) in [6.07, 6.45) is 41.3. The van der Waals surface area contributed by atoms with E-state index in [1.807, 2.05) is 0 Å². The number of hydrogen-bond acceptors (Lipinski definition) is 11. The van der Waals surface area contributed by atoms with Gasteiger partial charge in [0.1, 0.15) is 23.6 Å². The number of unbranched alkanes of at least 4 members (excludes halogenated alkanes) is 30. The van der Waals surface area contributed by atoms with Gasteiger partial charge in [-0.15, -0.1) is 11.3 Å². The Bertz CT molecular complexity index is 2820. The maximum Gasteiger partial charge on any atom is 0.343 e. The van der Waals surface area contributed by atoms with Crippen molar-refractivity contribution in [3.63, 3.8) is 0 Å². The van der Waals surface area contributed by atoms with Crippen LogP contribution in [0.2, 0.25) is 0 Å². The second kappa shape index (κ2) is 46.0. The Balaban J connectivity index is 1.17. The lowest BCUT2D eigenvalue weighted by Gasteiger charge is -2.14. The van der Waals surface area contributed by atoms with Crippen LogP contribution >= 0.6 is 11.3 Å². The van der Waals surface area contributed by atoms with Crippen LogP contribution in [-0.2, 0) is 0 Å². The first-order chi connectivity index (χ1) is 43.8. The van der Waals surface area contributed by atoms with Crippen LogP contribution in [0, 0.1) is 46.3 Å². The Morgan fingerprint density at radius 1 is 0.337 bits per heavy atom. The fourth-order valence-corrected chi connectivity index (χ4v) is 11.3. The molecule has 0 atom stereocenters. The van der Waals surface area contributed by atoms with E-state index in [0.717, 1.165) is 51.4 Å². The topological polar surface area (TPSA) is 137 Å². The number of thiophene rings is 1. The number of carbonyl (C=O) groups excluding carboxylic acids is 2. The number of rotatable bonds is 46. The highest BCUT2D eigenvalue weighted by Crippen LogP contribution is 2.33. The maximum absolute atomic E-state index is 13.5. The van der Waals surface area contributed by atoms with Crippen LogP contribution in [0.4, 0.5) is 0 Å². The van der Waals surface area contributed by atoms with Gasteiger partial charge in [-0.3, -0.25) is 0 Å². The van der Waals surface area contributed by atoms with E-state index in [-0.39, 0.29) is 11.1 Å². The van der Waals surface area contributed by atoms with Gasteiger partial charge in [0.25, 0.3) is 0 Å². The molecule has 0 spiro atoms. The van der Waals surface area contributed by atoms with E-state index in [4.69, 9.17) is 28.4 Å². The zero-order valence-electron chi connectivity index (χ0n) is 54.5. The van der Waals surface area contributed by atoms with Crippen molar-refractivity contribution in [2.24, 2.45) is 0 Å². The van der Waals surface area contributed by atoms with Gasteiger partial charge in [0.15, 0.2) is 23.0 Å². The Labute approximate surface area is 539 Å². The van der Waals surface area contributed by atoms with Gasteiger partial charge in [-0.05, 0) is 122 Å². The van der Waals surface area contributed by atoms with Crippen LogP contribution in [0.15, 0.2) is 84.9 Å². The highest BCUT2D eigenvalue weighted by Gasteiger charge is 2.19. The first-order valence-electron chi connectivity index (χ1n) is 34.2. The summed E-state index contributed by atoms with van der Waals surface area (Å²) in [5, 5.41) is 20.3. The summed E-state index contributed by atoms with van der Waals surface area (Å²) in [5.41, 5.74) is 2.26. The monoisotopic (exact) mass is 1230 g/mol. The predicted molar refractivity (Wildman–Crippen MR) is 363 cm³/mol. The van der Waals surface area contributed by atoms with Crippen molar-refractivity contribution >= 4 is 23.3 Å². The molecule has 11 heteroatoms. The Morgan fingerprint density at radius 3 is 0.888 bits per heavy atom. The highest BCUT2D eigenvalue weighted by molar-refractivity contribution is 7.13. The van der Waals surface area contributed by atoms with E-state index < -0.39 is 11.9 Å². The Morgan fingerprint density at radius 2 is 0.607 bits per heavy atom. The minimum absolute atomic E-state index is 0.156. The zero-order chi connectivity index (χ0) is 63.2. The number of nitrogens with zero attached hydrogens (tertiary/aromatic N) is 2. The third kappa shape index (κ3) is 29.3. The summed E-state index contributed by atoms with van der Waals surface area (Å²) in [7, 11) is 0. The molecule has 0 aliphatic carbocycles. The van der Waals surface area contributed by atoms with Crippen LogP contribution in [-0.4, -0.2) is 38.4 Å². The molecule has 0 aliphatic rings. The number of nitriles is 2. The average Bonchev–Trinajstić information content (AvgIpc) is 3.23. The number of benzene rings is 4. The van der Waals surface area contributed by atoms with E-state index in [1.165, 1.54) is 178 Å². The van der Waals surface area contributed by atoms with Crippen molar-refractivity contribution < 1.29 is 38.0 Å². The summed E-state index contributed by atoms with van der Waals surface area (Å²) in [6.45, 7) is 11.2. The van der Waals surface area contributed by atoms with E-state index in [9.17, 15) is 20.1 Å². The van der Waals surface area contributed by atoms with Crippen molar-refractivity contribution in [3.8, 4) is 70.3 Å². The highest BCUT2D eigenvalue weighted by atomic mass is 32.1. The molecule has 1 aromatic heterocycles. The molecule has 0 saturated carbocycles. The quantitative estimate of drug-likeness (QED) is 0.0160. The fraction of sp³-hybridized carbons (Fsp3) is 0.538. The number of esters is 2. The van der Waals surface area contributed by atoms with Crippen molar-refractivity contribution in [1.29, 1.82) is 10.5 Å². The molecule has 0 radical (unpaired) electrons. The zero-order valence-corrected chi connectivity index (χ0v) is 55.3. The number of carbonyl (C=O) groups is 2. The lowest BCUT2D eigenvalue weighted by Crippen LogP contribution is -2.10. The molecule has 1 heterocycles. The first kappa shape index (κ1) is 72.6. The Kier molecular flexibility index (Phi) is 37.5. The summed E-state index contributed by atoms with van der Waals surface area (Å²) >= 11 is 1.17. The number of ether oxygens (including phenoxy) is 6. The molecule has 5 aromatic rings. The molecule has 478 valence electrons. The van der Waals surface area contributed by atoms with Crippen LogP contribution in [0.1, 0.15) is 299 Å². The molecule has 89 heavy (non-hydrogen) atoms. The standard InChI is InChI=1S/C78H102N2O8S/c1-5-9-13-17-21-25-29-31-35-55-83-71-51-45-65(59-73(71)85-57-37-33-27-23-19-15-11-7-3)77(81)87-67-47-39-63(40-48-67)43-53-75-69(61-79)70(62-80)76(89-75)54-44-64-41-49-68(50-42-64)88-78(82)66-46-52-72(84-56-36-32-30-26-22-18-14-10-6-2)74(60-66)86-58-38-34-28-24-20-16-12-8-4/h39-42,45-52,59-60H,5-38,55-58H2,1-4H3. The minimum atomic E-state index is -0.522. The molecule has 5 rings (SSSR count). The van der Waals surface area contributed by atoms with Crippen molar-refractivity contribution in [2.45, 2.75) is 246 Å². The third-order valence-electron chi connectivity index (χ3n) is 15.8. The first-order valence-corrected chi connectivity index (χ1v) is 35.1. The molecule has 0 unspecified atom stereocenters. The molecule has 0 aliphatic heterocycles. The fourth-order valence-electron chi connectivity index (χ4n) is 10.4. The van der Waals surface area contributed by atoms with Crippen molar-refractivity contribution in [3.05, 3.63) is 128 Å². The van der Waals surface area contributed by atoms with Gasteiger partial charge in [0.2, 0.25) is 0 Å². The summed E-state index contributed by atoms with van der Waals surface area (Å²) in [6, 6.07) is 28.4. The predicted octanol–water partition coefficient (Wildman–Crippen LogP) is 21.6. The van der Waals surface area contributed by atoms with Crippen LogP contribution < -0.4 is 28.4 Å². The van der Waals surface area contributed by atoms with Gasteiger partial charge in [0.05, 0.1) is 58.4 Å². The van der Waals surface area contributed by atoms with Gasteiger partial charge in [0, 0.05) is 11.1 Å². The summed E-state index contributed by atoms with van der Waals surface area (Å²) in [5.74, 6) is 14.3. The van der Waals surface area contributed by atoms with Crippen LogP contribution in [0.3, 0.4) is 0 Å².